The van der Waals surface area contributed by atoms with E-state index in [0.29, 0.717) is 12.1 Å². The van der Waals surface area contributed by atoms with Crippen LogP contribution in [0, 0.1) is 5.82 Å². The van der Waals surface area contributed by atoms with Crippen molar-refractivity contribution in [3.05, 3.63) is 27.7 Å². The van der Waals surface area contributed by atoms with Gasteiger partial charge in [0.05, 0.1) is 0 Å². The summed E-state index contributed by atoms with van der Waals surface area (Å²) in [6.45, 7) is 1.52. The highest BCUT2D eigenvalue weighted by Crippen LogP contribution is 2.29. The number of hydrogen-bond donors (Lipinski definition) is 2. The van der Waals surface area contributed by atoms with Gasteiger partial charge in [-0.2, -0.15) is 0 Å². The van der Waals surface area contributed by atoms with E-state index in [2.05, 4.69) is 5.32 Å². The van der Waals surface area contributed by atoms with Gasteiger partial charge in [-0.25, -0.2) is 9.18 Å². The van der Waals surface area contributed by atoms with Crippen molar-refractivity contribution in [1.29, 1.82) is 0 Å². The number of rotatable bonds is 2. The second-order valence-corrected chi connectivity index (χ2v) is 4.16. The second-order valence-electron chi connectivity index (χ2n) is 3.28. The number of halogens is 1. The van der Waals surface area contributed by atoms with Gasteiger partial charge in [-0.3, -0.25) is 0 Å². The van der Waals surface area contributed by atoms with Gasteiger partial charge in [0.25, 0.3) is 0 Å². The van der Waals surface area contributed by atoms with Crippen LogP contribution in [0.1, 0.15) is 21.7 Å². The maximum absolute atomic E-state index is 13.6. The fourth-order valence-corrected chi connectivity index (χ4v) is 2.38. The SMILES string of the molecule is O=C(O)c1scc(C2=CCNCC2)c1F. The summed E-state index contributed by atoms with van der Waals surface area (Å²) in [5.74, 6) is -1.79. The van der Waals surface area contributed by atoms with Crippen LogP contribution >= 0.6 is 11.3 Å². The predicted octanol–water partition coefficient (Wildman–Crippen LogP) is 1.96. The zero-order valence-electron chi connectivity index (χ0n) is 7.92. The molecule has 2 rings (SSSR count). The average molecular weight is 227 g/mol. The van der Waals surface area contributed by atoms with Crippen LogP contribution in [-0.2, 0) is 0 Å². The van der Waals surface area contributed by atoms with E-state index in [1.54, 1.807) is 5.38 Å². The summed E-state index contributed by atoms with van der Waals surface area (Å²) >= 11 is 0.942. The normalized spacial score (nSPS) is 16.2. The molecule has 80 valence electrons. The van der Waals surface area contributed by atoms with E-state index in [-0.39, 0.29) is 4.88 Å². The lowest BCUT2D eigenvalue weighted by Gasteiger charge is -2.12. The molecule has 1 aliphatic heterocycles. The van der Waals surface area contributed by atoms with E-state index in [1.807, 2.05) is 6.08 Å². The van der Waals surface area contributed by atoms with E-state index in [9.17, 15) is 9.18 Å². The molecule has 2 N–H and O–H groups in total. The third-order valence-corrected chi connectivity index (χ3v) is 3.28. The quantitative estimate of drug-likeness (QED) is 0.812. The summed E-state index contributed by atoms with van der Waals surface area (Å²) < 4.78 is 13.6. The van der Waals surface area contributed by atoms with Crippen LogP contribution in [0.4, 0.5) is 4.39 Å². The molecule has 1 aliphatic rings. The molecule has 1 aromatic rings. The number of nitrogens with one attached hydrogen (secondary N) is 1. The van der Waals surface area contributed by atoms with Gasteiger partial charge in [-0.15, -0.1) is 11.3 Å². The highest BCUT2D eigenvalue weighted by molar-refractivity contribution is 7.12. The highest BCUT2D eigenvalue weighted by Gasteiger charge is 2.19. The summed E-state index contributed by atoms with van der Waals surface area (Å²) in [6.07, 6.45) is 2.65. The maximum Gasteiger partial charge on any atom is 0.348 e. The van der Waals surface area contributed by atoms with Crippen LogP contribution in [0.15, 0.2) is 11.5 Å². The molecule has 15 heavy (non-hydrogen) atoms. The zero-order chi connectivity index (χ0) is 10.8. The molecule has 0 amide bonds. The Labute approximate surface area is 90.2 Å². The molecule has 0 aliphatic carbocycles. The lowest BCUT2D eigenvalue weighted by molar-refractivity contribution is 0.0697. The summed E-state index contributed by atoms with van der Waals surface area (Å²) in [4.78, 5) is 10.5. The third-order valence-electron chi connectivity index (χ3n) is 2.33. The number of aromatic carboxylic acids is 1. The molecule has 5 heteroatoms. The standard InChI is InChI=1S/C10H10FNO2S/c11-8-7(5-15-9(8)10(13)14)6-1-3-12-4-2-6/h1,5,12H,2-4H2,(H,13,14). The first-order valence-electron chi connectivity index (χ1n) is 4.60. The van der Waals surface area contributed by atoms with Crippen molar-refractivity contribution in [2.24, 2.45) is 0 Å². The van der Waals surface area contributed by atoms with E-state index >= 15 is 0 Å². The Balaban J connectivity index is 2.36. The monoisotopic (exact) mass is 227 g/mol. The number of carbonyl (C=O) groups is 1. The van der Waals surface area contributed by atoms with Crippen molar-refractivity contribution in [1.82, 2.24) is 5.32 Å². The molecule has 0 saturated carbocycles. The summed E-state index contributed by atoms with van der Waals surface area (Å²) in [5.41, 5.74) is 1.34. The van der Waals surface area contributed by atoms with Crippen LogP contribution in [0.2, 0.25) is 0 Å². The first kappa shape index (κ1) is 10.3. The molecule has 0 radical (unpaired) electrons. The minimum Gasteiger partial charge on any atom is -0.477 e. The molecule has 0 saturated heterocycles. The van der Waals surface area contributed by atoms with E-state index in [1.165, 1.54) is 0 Å². The molecular formula is C10H10FNO2S. The minimum atomic E-state index is -1.20. The summed E-state index contributed by atoms with van der Waals surface area (Å²) in [6, 6.07) is 0. The average Bonchev–Trinajstić information content (AvgIpc) is 2.61. The van der Waals surface area contributed by atoms with Crippen LogP contribution in [0.3, 0.4) is 0 Å². The largest absolute Gasteiger partial charge is 0.477 e. The fraction of sp³-hybridized carbons (Fsp3) is 0.300. The molecule has 0 aromatic carbocycles. The third kappa shape index (κ3) is 1.93. The molecule has 0 unspecified atom stereocenters. The van der Waals surface area contributed by atoms with Crippen molar-refractivity contribution in [2.75, 3.05) is 13.1 Å². The highest BCUT2D eigenvalue weighted by atomic mass is 32.1. The molecule has 0 bridgehead atoms. The lowest BCUT2D eigenvalue weighted by atomic mass is 10.0. The summed E-state index contributed by atoms with van der Waals surface area (Å²) in [7, 11) is 0. The van der Waals surface area contributed by atoms with Crippen LogP contribution < -0.4 is 5.32 Å². The van der Waals surface area contributed by atoms with Crippen molar-refractivity contribution in [3.63, 3.8) is 0 Å². The molecule has 2 heterocycles. The molecule has 0 spiro atoms. The van der Waals surface area contributed by atoms with Gasteiger partial charge in [-0.05, 0) is 18.5 Å². The van der Waals surface area contributed by atoms with Gasteiger partial charge in [0.1, 0.15) is 4.88 Å². The molecule has 1 aromatic heterocycles. The number of hydrogen-bond acceptors (Lipinski definition) is 3. The van der Waals surface area contributed by atoms with Gasteiger partial charge in [0, 0.05) is 17.5 Å². The van der Waals surface area contributed by atoms with E-state index in [4.69, 9.17) is 5.11 Å². The van der Waals surface area contributed by atoms with Gasteiger partial charge < -0.3 is 10.4 Å². The molecule has 0 fully saturated rings. The van der Waals surface area contributed by atoms with Crippen LogP contribution in [-0.4, -0.2) is 24.2 Å². The van der Waals surface area contributed by atoms with E-state index in [0.717, 1.165) is 29.9 Å². The summed E-state index contributed by atoms with van der Waals surface area (Å²) in [5, 5.41) is 13.4. The Kier molecular flexibility index (Phi) is 2.83. The topological polar surface area (TPSA) is 49.3 Å². The Bertz CT molecular complexity index is 425. The smallest absolute Gasteiger partial charge is 0.348 e. The first-order valence-corrected chi connectivity index (χ1v) is 5.48. The zero-order valence-corrected chi connectivity index (χ0v) is 8.73. The van der Waals surface area contributed by atoms with Gasteiger partial charge >= 0.3 is 5.97 Å². The Morgan fingerprint density at radius 3 is 2.93 bits per heavy atom. The predicted molar refractivity (Wildman–Crippen MR) is 56.7 cm³/mol. The first-order chi connectivity index (χ1) is 7.20. The van der Waals surface area contributed by atoms with Crippen LogP contribution in [0.25, 0.3) is 5.57 Å². The second kappa shape index (κ2) is 4.12. The van der Waals surface area contributed by atoms with Gasteiger partial charge in [0.2, 0.25) is 0 Å². The van der Waals surface area contributed by atoms with Gasteiger partial charge in [-0.1, -0.05) is 6.08 Å². The Hall–Kier alpha value is -1.20. The number of thiophene rings is 1. The Morgan fingerprint density at radius 1 is 1.60 bits per heavy atom. The fourth-order valence-electron chi connectivity index (χ4n) is 1.57. The van der Waals surface area contributed by atoms with Crippen LogP contribution in [0.5, 0.6) is 0 Å². The number of carboxylic acid groups (broad SMARTS) is 1. The minimum absolute atomic E-state index is 0.204. The molecular weight excluding hydrogens is 217 g/mol. The molecule has 3 nitrogen and oxygen atoms in total. The number of carboxylic acids is 1. The van der Waals surface area contributed by atoms with Crippen molar-refractivity contribution in [2.45, 2.75) is 6.42 Å². The molecule has 0 atom stereocenters. The van der Waals surface area contributed by atoms with Crippen molar-refractivity contribution < 1.29 is 14.3 Å². The van der Waals surface area contributed by atoms with Gasteiger partial charge in [0.15, 0.2) is 5.82 Å². The Morgan fingerprint density at radius 2 is 2.40 bits per heavy atom. The van der Waals surface area contributed by atoms with Crippen molar-refractivity contribution >= 4 is 22.9 Å². The maximum atomic E-state index is 13.6. The van der Waals surface area contributed by atoms with E-state index < -0.39 is 11.8 Å². The van der Waals surface area contributed by atoms with Crippen molar-refractivity contribution in [3.8, 4) is 0 Å². The lowest BCUT2D eigenvalue weighted by Crippen LogP contribution is -2.20.